The average Bonchev–Trinajstić information content (AvgIpc) is 2.82. The van der Waals surface area contributed by atoms with Gasteiger partial charge in [0, 0.05) is 33.4 Å². The van der Waals surface area contributed by atoms with E-state index in [1.54, 1.807) is 18.4 Å². The Morgan fingerprint density at radius 2 is 2.24 bits per heavy atom. The molecule has 0 aliphatic rings. The van der Waals surface area contributed by atoms with Crippen molar-refractivity contribution >= 4 is 11.3 Å². The van der Waals surface area contributed by atoms with E-state index in [0.717, 1.165) is 45.6 Å². The molecule has 1 N–H and O–H groups in total. The first-order valence-electron chi connectivity index (χ1n) is 6.22. The van der Waals surface area contributed by atoms with Crippen molar-refractivity contribution in [2.75, 3.05) is 46.9 Å². The number of thiophene rings is 1. The number of likely N-dealkylation sites (N-methyl/N-ethyl adjacent to an activating group) is 1. The Hall–Kier alpha value is -0.420. The molecule has 0 spiro atoms. The first-order chi connectivity index (χ1) is 8.33. The van der Waals surface area contributed by atoms with E-state index in [4.69, 9.17) is 4.74 Å². The number of hydrogen-bond acceptors (Lipinski definition) is 4. The largest absolute Gasteiger partial charge is 0.385 e. The maximum atomic E-state index is 5.04. The van der Waals surface area contributed by atoms with E-state index in [1.807, 2.05) is 0 Å². The van der Waals surface area contributed by atoms with Crippen molar-refractivity contribution in [2.45, 2.75) is 12.8 Å². The second-order valence-corrected chi connectivity index (χ2v) is 5.06. The fourth-order valence-corrected chi connectivity index (χ4v) is 2.36. The summed E-state index contributed by atoms with van der Waals surface area (Å²) in [6, 6.07) is 2.20. The lowest BCUT2D eigenvalue weighted by molar-refractivity contribution is 0.179. The Balaban J connectivity index is 1.89. The van der Waals surface area contributed by atoms with Gasteiger partial charge in [-0.1, -0.05) is 0 Å². The zero-order valence-electron chi connectivity index (χ0n) is 10.9. The lowest BCUT2D eigenvalue weighted by Gasteiger charge is -2.16. The normalized spacial score (nSPS) is 11.2. The average molecular weight is 256 g/mol. The lowest BCUT2D eigenvalue weighted by atomic mass is 10.2. The molecule has 0 atom stereocenters. The predicted octanol–water partition coefficient (Wildman–Crippen LogP) is 1.85. The maximum absolute atomic E-state index is 5.04. The smallest absolute Gasteiger partial charge is 0.0474 e. The molecular weight excluding hydrogens is 232 g/mol. The summed E-state index contributed by atoms with van der Waals surface area (Å²) in [6.07, 6.45) is 2.25. The van der Waals surface area contributed by atoms with Crippen LogP contribution in [0.1, 0.15) is 12.0 Å². The molecule has 1 aromatic heterocycles. The van der Waals surface area contributed by atoms with Crippen LogP contribution in [-0.4, -0.2) is 51.8 Å². The summed E-state index contributed by atoms with van der Waals surface area (Å²) in [5, 5.41) is 7.84. The maximum Gasteiger partial charge on any atom is 0.0474 e. The van der Waals surface area contributed by atoms with Crippen LogP contribution in [0.25, 0.3) is 0 Å². The Kier molecular flexibility index (Phi) is 8.26. The highest BCUT2D eigenvalue weighted by atomic mass is 32.1. The van der Waals surface area contributed by atoms with Crippen molar-refractivity contribution in [3.05, 3.63) is 22.4 Å². The highest BCUT2D eigenvalue weighted by Gasteiger charge is 1.97. The summed E-state index contributed by atoms with van der Waals surface area (Å²) in [4.78, 5) is 2.34. The van der Waals surface area contributed by atoms with Gasteiger partial charge >= 0.3 is 0 Å². The number of ether oxygens (including phenoxy) is 1. The van der Waals surface area contributed by atoms with Crippen LogP contribution in [0.15, 0.2) is 16.8 Å². The Morgan fingerprint density at radius 1 is 1.35 bits per heavy atom. The monoisotopic (exact) mass is 256 g/mol. The van der Waals surface area contributed by atoms with Crippen LogP contribution in [-0.2, 0) is 11.2 Å². The fourth-order valence-electron chi connectivity index (χ4n) is 1.65. The molecule has 0 radical (unpaired) electrons. The number of rotatable bonds is 10. The number of methoxy groups -OCH3 is 1. The second-order valence-electron chi connectivity index (χ2n) is 4.28. The summed E-state index contributed by atoms with van der Waals surface area (Å²) in [7, 11) is 3.92. The van der Waals surface area contributed by atoms with Crippen molar-refractivity contribution in [2.24, 2.45) is 0 Å². The molecule has 0 unspecified atom stereocenters. The third-order valence-electron chi connectivity index (χ3n) is 2.73. The third kappa shape index (κ3) is 7.49. The fraction of sp³-hybridized carbons (Fsp3) is 0.692. The zero-order chi connectivity index (χ0) is 12.3. The Labute approximate surface area is 109 Å². The summed E-state index contributed by atoms with van der Waals surface area (Å²) < 4.78 is 5.04. The quantitative estimate of drug-likeness (QED) is 0.647. The molecule has 1 rings (SSSR count). The molecular formula is C13H24N2OS. The van der Waals surface area contributed by atoms with Crippen LogP contribution in [0.3, 0.4) is 0 Å². The SMILES string of the molecule is COCCCN(C)CCNCCc1ccsc1. The molecule has 1 heterocycles. The van der Waals surface area contributed by atoms with Gasteiger partial charge in [-0.15, -0.1) is 0 Å². The molecule has 0 amide bonds. The van der Waals surface area contributed by atoms with Gasteiger partial charge in [0.2, 0.25) is 0 Å². The molecule has 0 fully saturated rings. The summed E-state index contributed by atoms with van der Waals surface area (Å²) in [5.41, 5.74) is 1.44. The molecule has 3 nitrogen and oxygen atoms in total. The topological polar surface area (TPSA) is 24.5 Å². The van der Waals surface area contributed by atoms with Crippen LogP contribution >= 0.6 is 11.3 Å². The van der Waals surface area contributed by atoms with Gasteiger partial charge in [0.25, 0.3) is 0 Å². The standard InChI is InChI=1S/C13H24N2OS/c1-15(8-3-10-16-2)9-7-14-6-4-13-5-11-17-12-13/h5,11-12,14H,3-4,6-10H2,1-2H3. The molecule has 0 bridgehead atoms. The van der Waals surface area contributed by atoms with Gasteiger partial charge in [0.1, 0.15) is 0 Å². The highest BCUT2D eigenvalue weighted by Crippen LogP contribution is 2.05. The van der Waals surface area contributed by atoms with Crippen LogP contribution in [0.4, 0.5) is 0 Å². The van der Waals surface area contributed by atoms with E-state index < -0.39 is 0 Å². The van der Waals surface area contributed by atoms with E-state index in [0.29, 0.717) is 0 Å². The molecule has 4 heteroatoms. The first-order valence-corrected chi connectivity index (χ1v) is 7.16. The van der Waals surface area contributed by atoms with Crippen molar-refractivity contribution in [1.82, 2.24) is 10.2 Å². The summed E-state index contributed by atoms with van der Waals surface area (Å²) in [5.74, 6) is 0. The van der Waals surface area contributed by atoms with E-state index in [1.165, 1.54) is 5.56 Å². The minimum atomic E-state index is 0.857. The van der Waals surface area contributed by atoms with Crippen molar-refractivity contribution in [3.63, 3.8) is 0 Å². The van der Waals surface area contributed by atoms with Gasteiger partial charge in [0.05, 0.1) is 0 Å². The molecule has 0 aromatic carbocycles. The number of nitrogens with one attached hydrogen (secondary N) is 1. The lowest BCUT2D eigenvalue weighted by Crippen LogP contribution is -2.31. The van der Waals surface area contributed by atoms with Gasteiger partial charge in [-0.2, -0.15) is 11.3 Å². The number of nitrogens with zero attached hydrogens (tertiary/aromatic N) is 1. The van der Waals surface area contributed by atoms with Gasteiger partial charge < -0.3 is 15.0 Å². The molecule has 0 saturated heterocycles. The predicted molar refractivity (Wildman–Crippen MR) is 74.9 cm³/mol. The summed E-state index contributed by atoms with van der Waals surface area (Å²) >= 11 is 1.77. The van der Waals surface area contributed by atoms with Crippen molar-refractivity contribution in [3.8, 4) is 0 Å². The van der Waals surface area contributed by atoms with Crippen LogP contribution in [0.5, 0.6) is 0 Å². The zero-order valence-corrected chi connectivity index (χ0v) is 11.8. The second kappa shape index (κ2) is 9.59. The van der Waals surface area contributed by atoms with E-state index in [-0.39, 0.29) is 0 Å². The minimum Gasteiger partial charge on any atom is -0.385 e. The molecule has 0 aliphatic carbocycles. The first kappa shape index (κ1) is 14.6. The molecule has 0 aliphatic heterocycles. The summed E-state index contributed by atoms with van der Waals surface area (Å²) in [6.45, 7) is 5.21. The van der Waals surface area contributed by atoms with Crippen LogP contribution in [0.2, 0.25) is 0 Å². The van der Waals surface area contributed by atoms with Crippen molar-refractivity contribution in [1.29, 1.82) is 0 Å². The van der Waals surface area contributed by atoms with Crippen molar-refractivity contribution < 1.29 is 4.74 Å². The van der Waals surface area contributed by atoms with E-state index in [9.17, 15) is 0 Å². The van der Waals surface area contributed by atoms with Crippen LogP contribution < -0.4 is 5.32 Å². The highest BCUT2D eigenvalue weighted by molar-refractivity contribution is 7.07. The van der Waals surface area contributed by atoms with Gasteiger partial charge in [-0.25, -0.2) is 0 Å². The molecule has 17 heavy (non-hydrogen) atoms. The van der Waals surface area contributed by atoms with E-state index in [2.05, 4.69) is 34.1 Å². The van der Waals surface area contributed by atoms with Gasteiger partial charge in [-0.05, 0) is 48.8 Å². The van der Waals surface area contributed by atoms with Gasteiger partial charge in [0.15, 0.2) is 0 Å². The van der Waals surface area contributed by atoms with E-state index >= 15 is 0 Å². The minimum absolute atomic E-state index is 0.857. The Bertz CT molecular complexity index is 264. The molecule has 98 valence electrons. The Morgan fingerprint density at radius 3 is 2.94 bits per heavy atom. The number of hydrogen-bond donors (Lipinski definition) is 1. The molecule has 0 saturated carbocycles. The van der Waals surface area contributed by atoms with Crippen LogP contribution in [0, 0.1) is 0 Å². The third-order valence-corrected chi connectivity index (χ3v) is 3.46. The van der Waals surface area contributed by atoms with Gasteiger partial charge in [-0.3, -0.25) is 0 Å². The molecule has 1 aromatic rings.